The zero-order valence-corrected chi connectivity index (χ0v) is 18.0. The SMILES string of the molecule is Cc1cccc(-c2nc(NCCc3ccccn3)nc3nn(-c4cccc(F)c4)c(N)c23)c1. The van der Waals surface area contributed by atoms with Crippen LogP contribution in [0.15, 0.2) is 72.9 Å². The van der Waals surface area contributed by atoms with E-state index in [9.17, 15) is 4.39 Å². The van der Waals surface area contributed by atoms with Crippen molar-refractivity contribution in [3.8, 4) is 16.9 Å². The molecule has 0 fully saturated rings. The van der Waals surface area contributed by atoms with E-state index in [1.54, 1.807) is 18.3 Å². The van der Waals surface area contributed by atoms with Gasteiger partial charge in [0.15, 0.2) is 5.65 Å². The number of fused-ring (bicyclic) bond motifs is 1. The summed E-state index contributed by atoms with van der Waals surface area (Å²) in [7, 11) is 0. The smallest absolute Gasteiger partial charge is 0.225 e. The average molecular weight is 439 g/mol. The number of nitrogens with zero attached hydrogens (tertiary/aromatic N) is 5. The van der Waals surface area contributed by atoms with Gasteiger partial charge in [-0.15, -0.1) is 5.10 Å². The summed E-state index contributed by atoms with van der Waals surface area (Å²) in [4.78, 5) is 13.7. The van der Waals surface area contributed by atoms with Gasteiger partial charge in [-0.3, -0.25) is 4.98 Å². The Morgan fingerprint density at radius 1 is 1.00 bits per heavy atom. The number of hydrogen-bond acceptors (Lipinski definition) is 6. The van der Waals surface area contributed by atoms with E-state index in [4.69, 9.17) is 10.7 Å². The van der Waals surface area contributed by atoms with Gasteiger partial charge in [0.05, 0.1) is 16.8 Å². The highest BCUT2D eigenvalue weighted by Crippen LogP contribution is 2.33. The van der Waals surface area contributed by atoms with Gasteiger partial charge in [-0.1, -0.05) is 35.9 Å². The zero-order valence-electron chi connectivity index (χ0n) is 18.0. The molecule has 0 bridgehead atoms. The molecule has 164 valence electrons. The van der Waals surface area contributed by atoms with Crippen LogP contribution in [0, 0.1) is 12.7 Å². The van der Waals surface area contributed by atoms with Gasteiger partial charge in [0.25, 0.3) is 0 Å². The van der Waals surface area contributed by atoms with E-state index >= 15 is 0 Å². The lowest BCUT2D eigenvalue weighted by molar-refractivity contribution is 0.625. The molecule has 0 amide bonds. The molecular formula is C25H22FN7. The van der Waals surface area contributed by atoms with Crippen molar-refractivity contribution < 1.29 is 4.39 Å². The molecule has 7 nitrogen and oxygen atoms in total. The molecule has 5 rings (SSSR count). The molecule has 33 heavy (non-hydrogen) atoms. The molecule has 0 aliphatic carbocycles. The molecular weight excluding hydrogens is 417 g/mol. The van der Waals surface area contributed by atoms with Gasteiger partial charge in [0, 0.05) is 30.4 Å². The van der Waals surface area contributed by atoms with Gasteiger partial charge < -0.3 is 11.1 Å². The van der Waals surface area contributed by atoms with Gasteiger partial charge >= 0.3 is 0 Å². The highest BCUT2D eigenvalue weighted by atomic mass is 19.1. The highest BCUT2D eigenvalue weighted by molar-refractivity contribution is 5.99. The number of anilines is 2. The number of aryl methyl sites for hydroxylation is 1. The lowest BCUT2D eigenvalue weighted by atomic mass is 10.1. The molecule has 2 aromatic carbocycles. The summed E-state index contributed by atoms with van der Waals surface area (Å²) in [5, 5.41) is 8.48. The highest BCUT2D eigenvalue weighted by Gasteiger charge is 2.19. The number of nitrogens with one attached hydrogen (secondary N) is 1. The van der Waals surface area contributed by atoms with Gasteiger partial charge in [0.2, 0.25) is 5.95 Å². The van der Waals surface area contributed by atoms with Gasteiger partial charge in [0.1, 0.15) is 11.6 Å². The number of hydrogen-bond donors (Lipinski definition) is 2. The van der Waals surface area contributed by atoms with Crippen molar-refractivity contribution in [2.24, 2.45) is 0 Å². The molecule has 8 heteroatoms. The lowest BCUT2D eigenvalue weighted by Gasteiger charge is -2.09. The van der Waals surface area contributed by atoms with Crippen LogP contribution in [0.1, 0.15) is 11.3 Å². The van der Waals surface area contributed by atoms with Crippen LogP contribution in [0.3, 0.4) is 0 Å². The monoisotopic (exact) mass is 439 g/mol. The third-order valence-electron chi connectivity index (χ3n) is 5.30. The first-order chi connectivity index (χ1) is 16.1. The van der Waals surface area contributed by atoms with Crippen molar-refractivity contribution in [1.29, 1.82) is 0 Å². The molecule has 3 heterocycles. The van der Waals surface area contributed by atoms with E-state index in [-0.39, 0.29) is 5.82 Å². The summed E-state index contributed by atoms with van der Waals surface area (Å²) in [6.45, 7) is 2.63. The van der Waals surface area contributed by atoms with Crippen LogP contribution < -0.4 is 11.1 Å². The second-order valence-electron chi connectivity index (χ2n) is 7.74. The zero-order chi connectivity index (χ0) is 22.8. The summed E-state index contributed by atoms with van der Waals surface area (Å²) in [5.74, 6) is 0.430. The van der Waals surface area contributed by atoms with E-state index in [2.05, 4.69) is 20.4 Å². The minimum absolute atomic E-state index is 0.354. The predicted octanol–water partition coefficient (Wildman–Crippen LogP) is 4.56. The van der Waals surface area contributed by atoms with Crippen molar-refractivity contribution in [1.82, 2.24) is 24.7 Å². The van der Waals surface area contributed by atoms with Crippen LogP contribution >= 0.6 is 0 Å². The Labute approximate surface area is 190 Å². The largest absolute Gasteiger partial charge is 0.383 e. The maximum absolute atomic E-state index is 13.8. The first-order valence-electron chi connectivity index (χ1n) is 10.6. The van der Waals surface area contributed by atoms with Gasteiger partial charge in [-0.2, -0.15) is 4.98 Å². The Kier molecular flexibility index (Phi) is 5.40. The van der Waals surface area contributed by atoms with E-state index < -0.39 is 0 Å². The maximum Gasteiger partial charge on any atom is 0.225 e. The van der Waals surface area contributed by atoms with Crippen molar-refractivity contribution in [3.05, 3.63) is 90.0 Å². The first-order valence-corrected chi connectivity index (χ1v) is 10.6. The minimum Gasteiger partial charge on any atom is -0.383 e. The molecule has 0 atom stereocenters. The predicted molar refractivity (Wildman–Crippen MR) is 128 cm³/mol. The average Bonchev–Trinajstić information content (AvgIpc) is 3.16. The third-order valence-corrected chi connectivity index (χ3v) is 5.30. The second kappa shape index (κ2) is 8.66. The van der Waals surface area contributed by atoms with E-state index in [1.807, 2.05) is 49.4 Å². The van der Waals surface area contributed by atoms with Crippen LogP contribution in [-0.2, 0) is 6.42 Å². The van der Waals surface area contributed by atoms with E-state index in [0.717, 1.165) is 23.2 Å². The molecule has 5 aromatic rings. The number of pyridine rings is 1. The first kappa shape index (κ1) is 20.6. The fourth-order valence-corrected chi connectivity index (χ4v) is 3.75. The molecule has 0 saturated heterocycles. The molecule has 0 radical (unpaired) electrons. The minimum atomic E-state index is -0.367. The summed E-state index contributed by atoms with van der Waals surface area (Å²) in [6.07, 6.45) is 2.50. The fraction of sp³-hybridized carbons (Fsp3) is 0.120. The van der Waals surface area contributed by atoms with Crippen molar-refractivity contribution >= 4 is 22.8 Å². The summed E-state index contributed by atoms with van der Waals surface area (Å²) in [5.41, 5.74) is 11.1. The van der Waals surface area contributed by atoms with Gasteiger partial charge in [-0.25, -0.2) is 14.1 Å². The third kappa shape index (κ3) is 4.23. The molecule has 0 unspecified atom stereocenters. The summed E-state index contributed by atoms with van der Waals surface area (Å²) in [6, 6.07) is 20.0. The fourth-order valence-electron chi connectivity index (χ4n) is 3.75. The number of aromatic nitrogens is 5. The van der Waals surface area contributed by atoms with Crippen molar-refractivity contribution in [2.75, 3.05) is 17.6 Å². The van der Waals surface area contributed by atoms with Gasteiger partial charge in [-0.05, 0) is 43.3 Å². The van der Waals surface area contributed by atoms with Crippen LogP contribution in [0.25, 0.3) is 28.0 Å². The normalized spacial score (nSPS) is 11.1. The Morgan fingerprint density at radius 2 is 1.88 bits per heavy atom. The standard InChI is InChI=1S/C25H22FN7/c1-16-6-4-7-17(14-16)22-21-23(27)33(20-10-5-8-18(26)15-20)32-24(21)31-25(30-22)29-13-11-19-9-2-3-12-28-19/h2-10,12,14-15H,11,13,27H2,1H3,(H,29,31,32). The molecule has 0 aliphatic heterocycles. The molecule has 0 spiro atoms. The maximum atomic E-state index is 13.8. The van der Waals surface area contributed by atoms with Crippen LogP contribution in [0.5, 0.6) is 0 Å². The quantitative estimate of drug-likeness (QED) is 0.403. The lowest BCUT2D eigenvalue weighted by Crippen LogP contribution is -2.09. The Hall–Kier alpha value is -4.33. The summed E-state index contributed by atoms with van der Waals surface area (Å²) < 4.78 is 15.3. The molecule has 0 aliphatic rings. The van der Waals surface area contributed by atoms with Crippen LogP contribution in [-0.4, -0.2) is 31.3 Å². The molecule has 0 saturated carbocycles. The number of halogens is 1. The van der Waals surface area contributed by atoms with Crippen LogP contribution in [0.2, 0.25) is 0 Å². The van der Waals surface area contributed by atoms with E-state index in [1.165, 1.54) is 16.8 Å². The number of nitrogen functional groups attached to an aromatic ring is 1. The summed E-state index contributed by atoms with van der Waals surface area (Å²) >= 11 is 0. The van der Waals surface area contributed by atoms with Crippen molar-refractivity contribution in [2.45, 2.75) is 13.3 Å². The molecule has 3 aromatic heterocycles. The number of benzene rings is 2. The topological polar surface area (TPSA) is 94.5 Å². The van der Waals surface area contributed by atoms with E-state index in [0.29, 0.717) is 40.7 Å². The Balaban J connectivity index is 1.59. The van der Waals surface area contributed by atoms with Crippen LogP contribution in [0.4, 0.5) is 16.2 Å². The molecule has 3 N–H and O–H groups in total. The Bertz CT molecular complexity index is 1430. The number of rotatable bonds is 6. The Morgan fingerprint density at radius 3 is 2.67 bits per heavy atom. The van der Waals surface area contributed by atoms with Crippen molar-refractivity contribution in [3.63, 3.8) is 0 Å². The second-order valence-corrected chi connectivity index (χ2v) is 7.74. The number of nitrogens with two attached hydrogens (primary N) is 1.